The molecule has 0 saturated carbocycles. The van der Waals surface area contributed by atoms with Gasteiger partial charge in [-0.05, 0) is 62.1 Å². The molecule has 0 unspecified atom stereocenters. The molecule has 0 spiro atoms. The summed E-state index contributed by atoms with van der Waals surface area (Å²) >= 11 is 1.74. The van der Waals surface area contributed by atoms with Gasteiger partial charge in [0.25, 0.3) is 0 Å². The first-order chi connectivity index (χ1) is 10.9. The molecule has 3 heterocycles. The van der Waals surface area contributed by atoms with E-state index < -0.39 is 0 Å². The molecule has 0 N–H and O–H groups in total. The van der Waals surface area contributed by atoms with Crippen LogP contribution in [0.25, 0.3) is 0 Å². The molecule has 0 radical (unpaired) electrons. The van der Waals surface area contributed by atoms with Gasteiger partial charge in [0.2, 0.25) is 0 Å². The number of pyridine rings is 1. The lowest BCUT2D eigenvalue weighted by Crippen LogP contribution is -2.35. The number of piperidine rings is 1. The Morgan fingerprint density at radius 1 is 0.955 bits per heavy atom. The summed E-state index contributed by atoms with van der Waals surface area (Å²) in [5, 5.41) is 1.06. The van der Waals surface area contributed by atoms with Crippen molar-refractivity contribution in [2.24, 2.45) is 0 Å². The van der Waals surface area contributed by atoms with Crippen molar-refractivity contribution in [1.82, 2.24) is 9.88 Å². The summed E-state index contributed by atoms with van der Waals surface area (Å²) in [6.07, 6.45) is 8.77. The minimum Gasteiger partial charge on any atom is -0.293 e. The number of hydrogen-bond donors (Lipinski definition) is 0. The highest BCUT2D eigenvalue weighted by Crippen LogP contribution is 2.40. The molecule has 2 aliphatic rings. The van der Waals surface area contributed by atoms with Crippen molar-refractivity contribution in [3.63, 3.8) is 0 Å². The van der Waals surface area contributed by atoms with Crippen LogP contribution in [0.2, 0.25) is 0 Å². The zero-order valence-corrected chi connectivity index (χ0v) is 13.6. The second kappa shape index (κ2) is 6.43. The molecule has 4 rings (SSSR count). The van der Waals surface area contributed by atoms with Crippen molar-refractivity contribution in [2.45, 2.75) is 54.1 Å². The highest BCUT2D eigenvalue weighted by molar-refractivity contribution is 7.99. The monoisotopic (exact) mass is 310 g/mol. The minimum absolute atomic E-state index is 0.652. The summed E-state index contributed by atoms with van der Waals surface area (Å²) in [7, 11) is 0. The van der Waals surface area contributed by atoms with E-state index in [1.54, 1.807) is 11.8 Å². The van der Waals surface area contributed by atoms with E-state index in [4.69, 9.17) is 0 Å². The molecular weight excluding hydrogens is 288 g/mol. The van der Waals surface area contributed by atoms with E-state index in [2.05, 4.69) is 40.2 Å². The summed E-state index contributed by atoms with van der Waals surface area (Å²) in [5.74, 6) is 0. The molecule has 1 aromatic heterocycles. The predicted octanol–water partition coefficient (Wildman–Crippen LogP) is 4.92. The van der Waals surface area contributed by atoms with Gasteiger partial charge in [0, 0.05) is 23.2 Å². The van der Waals surface area contributed by atoms with Crippen LogP contribution in [-0.4, -0.2) is 22.5 Å². The molecule has 2 aliphatic heterocycles. The van der Waals surface area contributed by atoms with Crippen LogP contribution in [0.15, 0.2) is 58.6 Å². The molecule has 2 aromatic rings. The fourth-order valence-corrected chi connectivity index (χ4v) is 4.68. The Labute approximate surface area is 136 Å². The van der Waals surface area contributed by atoms with Crippen molar-refractivity contribution < 1.29 is 0 Å². The van der Waals surface area contributed by atoms with Crippen LogP contribution in [0.5, 0.6) is 0 Å². The predicted molar refractivity (Wildman–Crippen MR) is 91.1 cm³/mol. The Morgan fingerprint density at radius 3 is 2.68 bits per heavy atom. The highest BCUT2D eigenvalue weighted by Gasteiger charge is 2.35. The Morgan fingerprint density at radius 2 is 1.86 bits per heavy atom. The van der Waals surface area contributed by atoms with Crippen LogP contribution in [0.1, 0.15) is 43.7 Å². The maximum Gasteiger partial charge on any atom is 0.101 e. The maximum absolute atomic E-state index is 4.38. The number of nitrogens with zero attached hydrogens (tertiary/aromatic N) is 2. The van der Waals surface area contributed by atoms with Gasteiger partial charge in [0.05, 0.1) is 0 Å². The Hall–Kier alpha value is -1.32. The van der Waals surface area contributed by atoms with E-state index in [0.717, 1.165) is 11.1 Å². The van der Waals surface area contributed by atoms with Crippen LogP contribution in [0.3, 0.4) is 0 Å². The van der Waals surface area contributed by atoms with E-state index in [1.807, 2.05) is 18.3 Å². The summed E-state index contributed by atoms with van der Waals surface area (Å²) in [5.41, 5.74) is 1.50. The largest absolute Gasteiger partial charge is 0.293 e. The van der Waals surface area contributed by atoms with Crippen LogP contribution in [0.4, 0.5) is 0 Å². The molecule has 2 fully saturated rings. The highest BCUT2D eigenvalue weighted by atomic mass is 32.2. The lowest BCUT2D eigenvalue weighted by Gasteiger charge is -2.34. The van der Waals surface area contributed by atoms with Crippen LogP contribution >= 0.6 is 11.8 Å². The van der Waals surface area contributed by atoms with Gasteiger partial charge < -0.3 is 0 Å². The summed E-state index contributed by atoms with van der Waals surface area (Å²) in [6.45, 7) is 1.29. The van der Waals surface area contributed by atoms with Gasteiger partial charge in [0.1, 0.15) is 5.03 Å². The molecule has 0 bridgehead atoms. The SMILES string of the molecule is c1ccc(Sc2ccc([C@H]3CC[C@H]4CCCCN43)cc2)nc1. The number of benzene rings is 1. The molecule has 114 valence electrons. The van der Waals surface area contributed by atoms with Crippen molar-refractivity contribution in [1.29, 1.82) is 0 Å². The van der Waals surface area contributed by atoms with Crippen molar-refractivity contribution in [3.8, 4) is 0 Å². The van der Waals surface area contributed by atoms with E-state index in [-0.39, 0.29) is 0 Å². The second-order valence-corrected chi connectivity index (χ2v) is 7.41. The number of rotatable bonds is 3. The third-order valence-electron chi connectivity index (χ3n) is 4.97. The molecule has 22 heavy (non-hydrogen) atoms. The first-order valence-electron chi connectivity index (χ1n) is 8.35. The van der Waals surface area contributed by atoms with E-state index >= 15 is 0 Å². The zero-order chi connectivity index (χ0) is 14.8. The lowest BCUT2D eigenvalue weighted by atomic mass is 10.0. The summed E-state index contributed by atoms with van der Waals surface area (Å²) in [6, 6.07) is 16.7. The van der Waals surface area contributed by atoms with Gasteiger partial charge >= 0.3 is 0 Å². The van der Waals surface area contributed by atoms with Gasteiger partial charge in [-0.3, -0.25) is 4.90 Å². The van der Waals surface area contributed by atoms with E-state index in [1.165, 1.54) is 49.1 Å². The van der Waals surface area contributed by atoms with E-state index in [0.29, 0.717) is 6.04 Å². The van der Waals surface area contributed by atoms with Gasteiger partial charge in [-0.25, -0.2) is 4.98 Å². The molecule has 0 amide bonds. The van der Waals surface area contributed by atoms with Crippen LogP contribution in [-0.2, 0) is 0 Å². The molecule has 2 atom stereocenters. The van der Waals surface area contributed by atoms with Crippen molar-refractivity contribution >= 4 is 11.8 Å². The Kier molecular flexibility index (Phi) is 4.17. The smallest absolute Gasteiger partial charge is 0.101 e. The average Bonchev–Trinajstić information content (AvgIpc) is 3.01. The fourth-order valence-electron chi connectivity index (χ4n) is 3.90. The number of aromatic nitrogens is 1. The first kappa shape index (κ1) is 14.3. The van der Waals surface area contributed by atoms with E-state index in [9.17, 15) is 0 Å². The normalized spacial score (nSPS) is 25.1. The number of hydrogen-bond acceptors (Lipinski definition) is 3. The Balaban J connectivity index is 1.48. The molecule has 2 saturated heterocycles. The molecule has 0 aliphatic carbocycles. The minimum atomic E-state index is 0.652. The van der Waals surface area contributed by atoms with Gasteiger partial charge in [-0.2, -0.15) is 0 Å². The quantitative estimate of drug-likeness (QED) is 0.800. The third-order valence-corrected chi connectivity index (χ3v) is 5.93. The third kappa shape index (κ3) is 2.92. The van der Waals surface area contributed by atoms with Crippen LogP contribution < -0.4 is 0 Å². The average molecular weight is 310 g/mol. The zero-order valence-electron chi connectivity index (χ0n) is 12.8. The summed E-state index contributed by atoms with van der Waals surface area (Å²) in [4.78, 5) is 8.41. The van der Waals surface area contributed by atoms with Crippen molar-refractivity contribution in [2.75, 3.05) is 6.54 Å². The maximum atomic E-state index is 4.38. The standard InChI is InChI=1S/C19H22N2S/c1-3-13-20-19(6-1)22-17-10-7-15(8-11-17)18-12-9-16-5-2-4-14-21(16)18/h1,3,6-8,10-11,13,16,18H,2,4-5,9,12,14H2/t16-,18-/m1/s1. The van der Waals surface area contributed by atoms with Gasteiger partial charge in [-0.1, -0.05) is 36.4 Å². The van der Waals surface area contributed by atoms with Crippen molar-refractivity contribution in [3.05, 3.63) is 54.2 Å². The van der Waals surface area contributed by atoms with Gasteiger partial charge in [-0.15, -0.1) is 0 Å². The number of fused-ring (bicyclic) bond motifs is 1. The second-order valence-electron chi connectivity index (χ2n) is 6.32. The lowest BCUT2D eigenvalue weighted by molar-refractivity contribution is 0.150. The first-order valence-corrected chi connectivity index (χ1v) is 9.16. The molecular formula is C19H22N2S. The molecule has 1 aromatic carbocycles. The Bertz CT molecular complexity index is 611. The fraction of sp³-hybridized carbons (Fsp3) is 0.421. The topological polar surface area (TPSA) is 16.1 Å². The van der Waals surface area contributed by atoms with Gasteiger partial charge in [0.15, 0.2) is 0 Å². The van der Waals surface area contributed by atoms with Crippen LogP contribution in [0, 0.1) is 0 Å². The molecule has 3 heteroatoms. The molecule has 2 nitrogen and oxygen atoms in total. The summed E-state index contributed by atoms with van der Waals surface area (Å²) < 4.78 is 0.